The van der Waals surface area contributed by atoms with E-state index < -0.39 is 0 Å². The standard InChI is InChI=1S/C13H24N2O2/c1-9(14-8-12(16)10-6-7-10)13(17)15-11-4-2-3-5-11/h9-12,14,16H,2-8H2,1H3,(H,15,17). The predicted molar refractivity (Wildman–Crippen MR) is 66.6 cm³/mol. The molecule has 3 N–H and O–H groups in total. The van der Waals surface area contributed by atoms with Crippen molar-refractivity contribution in [2.75, 3.05) is 6.54 Å². The summed E-state index contributed by atoms with van der Waals surface area (Å²) >= 11 is 0. The highest BCUT2D eigenvalue weighted by atomic mass is 16.3. The number of aliphatic hydroxyl groups is 1. The number of rotatable bonds is 6. The summed E-state index contributed by atoms with van der Waals surface area (Å²) in [5, 5.41) is 15.9. The van der Waals surface area contributed by atoms with Crippen LogP contribution in [-0.2, 0) is 4.79 Å². The second kappa shape index (κ2) is 5.83. The predicted octanol–water partition coefficient (Wildman–Crippen LogP) is 0.794. The molecule has 2 aliphatic rings. The van der Waals surface area contributed by atoms with E-state index in [4.69, 9.17) is 0 Å². The van der Waals surface area contributed by atoms with Crippen LogP contribution in [0.2, 0.25) is 0 Å². The first-order valence-electron chi connectivity index (χ1n) is 6.88. The minimum atomic E-state index is -0.281. The molecule has 2 fully saturated rings. The Bertz CT molecular complexity index is 260. The minimum Gasteiger partial charge on any atom is -0.392 e. The van der Waals surface area contributed by atoms with Crippen LogP contribution in [0.15, 0.2) is 0 Å². The van der Waals surface area contributed by atoms with Crippen molar-refractivity contribution in [3.8, 4) is 0 Å². The third-order valence-electron chi connectivity index (χ3n) is 3.89. The van der Waals surface area contributed by atoms with Crippen molar-refractivity contribution in [1.82, 2.24) is 10.6 Å². The molecule has 4 heteroatoms. The molecule has 2 rings (SSSR count). The van der Waals surface area contributed by atoms with E-state index in [9.17, 15) is 9.90 Å². The molecule has 1 amide bonds. The highest BCUT2D eigenvalue weighted by molar-refractivity contribution is 5.81. The Kier molecular flexibility index (Phi) is 4.40. The van der Waals surface area contributed by atoms with Gasteiger partial charge in [-0.15, -0.1) is 0 Å². The van der Waals surface area contributed by atoms with E-state index in [1.54, 1.807) is 0 Å². The topological polar surface area (TPSA) is 61.4 Å². The Morgan fingerprint density at radius 3 is 2.53 bits per heavy atom. The molecule has 0 bridgehead atoms. The van der Waals surface area contributed by atoms with Crippen LogP contribution in [-0.4, -0.2) is 35.7 Å². The quantitative estimate of drug-likeness (QED) is 0.643. The molecule has 98 valence electrons. The third-order valence-corrected chi connectivity index (χ3v) is 3.89. The van der Waals surface area contributed by atoms with Crippen molar-refractivity contribution in [3.05, 3.63) is 0 Å². The number of hydrogen-bond acceptors (Lipinski definition) is 3. The van der Waals surface area contributed by atoms with Crippen LogP contribution in [0.25, 0.3) is 0 Å². The van der Waals surface area contributed by atoms with E-state index in [1.165, 1.54) is 12.8 Å². The molecule has 0 aromatic carbocycles. The molecule has 0 heterocycles. The zero-order valence-electron chi connectivity index (χ0n) is 10.6. The number of carbonyl (C=O) groups is 1. The molecule has 0 aromatic heterocycles. The van der Waals surface area contributed by atoms with E-state index in [-0.39, 0.29) is 18.1 Å². The van der Waals surface area contributed by atoms with Gasteiger partial charge in [0.15, 0.2) is 0 Å². The molecule has 0 aromatic rings. The van der Waals surface area contributed by atoms with Crippen molar-refractivity contribution in [1.29, 1.82) is 0 Å². The molecule has 17 heavy (non-hydrogen) atoms. The van der Waals surface area contributed by atoms with Crippen molar-refractivity contribution in [3.63, 3.8) is 0 Å². The van der Waals surface area contributed by atoms with Gasteiger partial charge in [-0.2, -0.15) is 0 Å². The summed E-state index contributed by atoms with van der Waals surface area (Å²) < 4.78 is 0. The maximum Gasteiger partial charge on any atom is 0.237 e. The number of hydrogen-bond donors (Lipinski definition) is 3. The first kappa shape index (κ1) is 12.8. The maximum atomic E-state index is 11.8. The van der Waals surface area contributed by atoms with E-state index >= 15 is 0 Å². The van der Waals surface area contributed by atoms with Crippen LogP contribution in [0, 0.1) is 5.92 Å². The molecular formula is C13H24N2O2. The fourth-order valence-corrected chi connectivity index (χ4v) is 2.43. The Labute approximate surface area is 103 Å². The first-order valence-corrected chi connectivity index (χ1v) is 6.88. The van der Waals surface area contributed by atoms with E-state index in [1.807, 2.05) is 6.92 Å². The fraction of sp³-hybridized carbons (Fsp3) is 0.923. The summed E-state index contributed by atoms with van der Waals surface area (Å²) in [7, 11) is 0. The second-order valence-electron chi connectivity index (χ2n) is 5.52. The highest BCUT2D eigenvalue weighted by Gasteiger charge is 2.30. The Morgan fingerprint density at radius 1 is 1.29 bits per heavy atom. The van der Waals surface area contributed by atoms with Gasteiger partial charge in [0.25, 0.3) is 0 Å². The molecule has 0 saturated heterocycles. The van der Waals surface area contributed by atoms with Crippen LogP contribution >= 0.6 is 0 Å². The zero-order chi connectivity index (χ0) is 12.3. The molecule has 4 nitrogen and oxygen atoms in total. The lowest BCUT2D eigenvalue weighted by Gasteiger charge is -2.19. The molecular weight excluding hydrogens is 216 g/mol. The lowest BCUT2D eigenvalue weighted by Crippen LogP contribution is -2.47. The normalized spacial score (nSPS) is 24.6. The van der Waals surface area contributed by atoms with E-state index in [0.717, 1.165) is 25.7 Å². The van der Waals surface area contributed by atoms with Crippen molar-refractivity contribution < 1.29 is 9.90 Å². The molecule has 2 unspecified atom stereocenters. The van der Waals surface area contributed by atoms with E-state index in [0.29, 0.717) is 18.5 Å². The number of aliphatic hydroxyl groups excluding tert-OH is 1. The summed E-state index contributed by atoms with van der Waals surface area (Å²) in [5.74, 6) is 0.535. The van der Waals surface area contributed by atoms with Gasteiger partial charge in [0.1, 0.15) is 0 Å². The Hall–Kier alpha value is -0.610. The van der Waals surface area contributed by atoms with Gasteiger partial charge in [0.05, 0.1) is 12.1 Å². The van der Waals surface area contributed by atoms with E-state index in [2.05, 4.69) is 10.6 Å². The average Bonchev–Trinajstić information content (AvgIpc) is 3.05. The van der Waals surface area contributed by atoms with Crippen LogP contribution in [0.3, 0.4) is 0 Å². The second-order valence-corrected chi connectivity index (χ2v) is 5.52. The molecule has 2 aliphatic carbocycles. The number of amides is 1. The summed E-state index contributed by atoms with van der Waals surface area (Å²) in [5.41, 5.74) is 0. The van der Waals surface area contributed by atoms with Crippen LogP contribution in [0.1, 0.15) is 45.4 Å². The molecule has 0 radical (unpaired) electrons. The van der Waals surface area contributed by atoms with Crippen molar-refractivity contribution in [2.24, 2.45) is 5.92 Å². The lowest BCUT2D eigenvalue weighted by atomic mass is 10.2. The summed E-state index contributed by atoms with van der Waals surface area (Å²) in [6.45, 7) is 2.40. The van der Waals surface area contributed by atoms with Crippen LogP contribution in [0.5, 0.6) is 0 Å². The van der Waals surface area contributed by atoms with Gasteiger partial charge in [-0.3, -0.25) is 4.79 Å². The molecule has 2 atom stereocenters. The Morgan fingerprint density at radius 2 is 1.94 bits per heavy atom. The summed E-state index contributed by atoms with van der Waals surface area (Å²) in [6.07, 6.45) is 6.67. The summed E-state index contributed by atoms with van der Waals surface area (Å²) in [4.78, 5) is 11.8. The van der Waals surface area contributed by atoms with Crippen LogP contribution in [0.4, 0.5) is 0 Å². The minimum absolute atomic E-state index is 0.0693. The van der Waals surface area contributed by atoms with Gasteiger partial charge < -0.3 is 15.7 Å². The molecule has 0 spiro atoms. The first-order chi connectivity index (χ1) is 8.16. The molecule has 0 aliphatic heterocycles. The highest BCUT2D eigenvalue weighted by Crippen LogP contribution is 2.32. The van der Waals surface area contributed by atoms with Gasteiger partial charge >= 0.3 is 0 Å². The number of nitrogens with one attached hydrogen (secondary N) is 2. The van der Waals surface area contributed by atoms with Crippen molar-refractivity contribution >= 4 is 5.91 Å². The fourth-order valence-electron chi connectivity index (χ4n) is 2.43. The van der Waals surface area contributed by atoms with Gasteiger partial charge in [-0.05, 0) is 38.5 Å². The van der Waals surface area contributed by atoms with Crippen molar-refractivity contribution in [2.45, 2.75) is 63.6 Å². The Balaban J connectivity index is 1.63. The van der Waals surface area contributed by atoms with Gasteiger partial charge in [0, 0.05) is 12.6 Å². The number of carbonyl (C=O) groups excluding carboxylic acids is 1. The molecule has 2 saturated carbocycles. The lowest BCUT2D eigenvalue weighted by molar-refractivity contribution is -0.123. The monoisotopic (exact) mass is 240 g/mol. The summed E-state index contributed by atoms with van der Waals surface area (Å²) in [6, 6.07) is 0.170. The zero-order valence-corrected chi connectivity index (χ0v) is 10.6. The van der Waals surface area contributed by atoms with Gasteiger partial charge in [-0.25, -0.2) is 0 Å². The average molecular weight is 240 g/mol. The third kappa shape index (κ3) is 3.96. The van der Waals surface area contributed by atoms with Gasteiger partial charge in [0.2, 0.25) is 5.91 Å². The van der Waals surface area contributed by atoms with Gasteiger partial charge in [-0.1, -0.05) is 12.8 Å². The SMILES string of the molecule is CC(NCC(O)C1CC1)C(=O)NC1CCCC1. The largest absolute Gasteiger partial charge is 0.392 e. The smallest absolute Gasteiger partial charge is 0.237 e. The maximum absolute atomic E-state index is 11.8. The van der Waals surface area contributed by atoms with Crippen LogP contribution < -0.4 is 10.6 Å².